The number of hydrogen-bond donors (Lipinski definition) is 1. The third-order valence-electron chi connectivity index (χ3n) is 2.98. The van der Waals surface area contributed by atoms with Crippen molar-refractivity contribution < 1.29 is 0 Å². The van der Waals surface area contributed by atoms with Crippen molar-refractivity contribution in [3.63, 3.8) is 0 Å². The molecule has 1 aromatic carbocycles. The maximum Gasteiger partial charge on any atom is 0.115 e. The smallest absolute Gasteiger partial charge is 0.115 e. The van der Waals surface area contributed by atoms with Gasteiger partial charge in [-0.1, -0.05) is 37.6 Å². The molecule has 0 saturated carbocycles. The van der Waals surface area contributed by atoms with Gasteiger partial charge in [0.25, 0.3) is 0 Å². The highest BCUT2D eigenvalue weighted by Crippen LogP contribution is 2.27. The molecule has 0 unspecified atom stereocenters. The third kappa shape index (κ3) is 2.55. The van der Waals surface area contributed by atoms with Crippen LogP contribution in [-0.4, -0.2) is 9.78 Å². The first-order valence-electron chi connectivity index (χ1n) is 6.38. The summed E-state index contributed by atoms with van der Waals surface area (Å²) in [5.74, 6) is 0.566. The van der Waals surface area contributed by atoms with E-state index in [0.717, 1.165) is 23.5 Å². The molecular weight excluding hydrogens is 222 g/mol. The minimum absolute atomic E-state index is 0.566. The number of anilines is 1. The molecule has 3 heteroatoms. The predicted molar refractivity (Wildman–Crippen MR) is 76.4 cm³/mol. The van der Waals surface area contributed by atoms with Gasteiger partial charge >= 0.3 is 0 Å². The first kappa shape index (κ1) is 12.7. The Balaban J connectivity index is 2.41. The molecule has 2 rings (SSSR count). The summed E-state index contributed by atoms with van der Waals surface area (Å²) < 4.78 is 1.94. The molecule has 0 atom stereocenters. The molecular formula is C15H21N3. The van der Waals surface area contributed by atoms with Gasteiger partial charge in [-0.3, -0.25) is 4.68 Å². The van der Waals surface area contributed by atoms with Crippen molar-refractivity contribution in [1.82, 2.24) is 9.78 Å². The lowest BCUT2D eigenvalue weighted by Crippen LogP contribution is -2.04. The number of rotatable bonds is 3. The summed E-state index contributed by atoms with van der Waals surface area (Å²) in [6.45, 7) is 9.44. The Morgan fingerprint density at radius 2 is 2.00 bits per heavy atom. The minimum atomic E-state index is 0.566. The summed E-state index contributed by atoms with van der Waals surface area (Å²) >= 11 is 0. The molecule has 3 nitrogen and oxygen atoms in total. The zero-order valence-electron chi connectivity index (χ0n) is 11.6. The standard InChI is InChI=1S/C15H21N3/c1-10(2)8-18-9-14(16)15(17-18)13-6-5-11(3)7-12(13)4/h5-7,9-10H,8,16H2,1-4H3. The summed E-state index contributed by atoms with van der Waals surface area (Å²) in [4.78, 5) is 0. The van der Waals surface area contributed by atoms with Gasteiger partial charge in [-0.2, -0.15) is 5.10 Å². The Kier molecular flexibility index (Phi) is 3.41. The number of nitrogen functional groups attached to an aromatic ring is 1. The summed E-state index contributed by atoms with van der Waals surface area (Å²) in [6, 6.07) is 6.36. The fourth-order valence-corrected chi connectivity index (χ4v) is 2.19. The average molecular weight is 243 g/mol. The zero-order valence-corrected chi connectivity index (χ0v) is 11.6. The molecule has 0 saturated heterocycles. The van der Waals surface area contributed by atoms with Crippen LogP contribution in [0.1, 0.15) is 25.0 Å². The van der Waals surface area contributed by atoms with Gasteiger partial charge in [0.15, 0.2) is 0 Å². The third-order valence-corrected chi connectivity index (χ3v) is 2.98. The Morgan fingerprint density at radius 1 is 1.28 bits per heavy atom. The van der Waals surface area contributed by atoms with Crippen molar-refractivity contribution in [2.24, 2.45) is 5.92 Å². The molecule has 96 valence electrons. The second-order valence-corrected chi connectivity index (χ2v) is 5.37. The van der Waals surface area contributed by atoms with E-state index in [2.05, 4.69) is 51.0 Å². The molecule has 1 heterocycles. The number of aryl methyl sites for hydroxylation is 2. The van der Waals surface area contributed by atoms with Crippen LogP contribution in [0.3, 0.4) is 0 Å². The number of hydrogen-bond acceptors (Lipinski definition) is 2. The van der Waals surface area contributed by atoms with Gasteiger partial charge in [0.1, 0.15) is 5.69 Å². The number of benzene rings is 1. The molecule has 2 aromatic rings. The normalized spacial score (nSPS) is 11.2. The highest BCUT2D eigenvalue weighted by Gasteiger charge is 2.11. The van der Waals surface area contributed by atoms with Crippen LogP contribution in [0.5, 0.6) is 0 Å². The van der Waals surface area contributed by atoms with E-state index in [0.29, 0.717) is 5.92 Å². The van der Waals surface area contributed by atoms with E-state index < -0.39 is 0 Å². The van der Waals surface area contributed by atoms with Crippen molar-refractivity contribution in [3.05, 3.63) is 35.5 Å². The quantitative estimate of drug-likeness (QED) is 0.897. The van der Waals surface area contributed by atoms with Gasteiger partial charge in [0.2, 0.25) is 0 Å². The van der Waals surface area contributed by atoms with Crippen LogP contribution in [0.15, 0.2) is 24.4 Å². The molecule has 0 aliphatic heterocycles. The van der Waals surface area contributed by atoms with Crippen LogP contribution in [-0.2, 0) is 6.54 Å². The highest BCUT2D eigenvalue weighted by molar-refractivity contribution is 5.74. The first-order valence-corrected chi connectivity index (χ1v) is 6.38. The fourth-order valence-electron chi connectivity index (χ4n) is 2.19. The molecule has 0 spiro atoms. The topological polar surface area (TPSA) is 43.8 Å². The summed E-state index contributed by atoms with van der Waals surface area (Å²) in [6.07, 6.45) is 1.93. The molecule has 0 aliphatic rings. The fraction of sp³-hybridized carbons (Fsp3) is 0.400. The highest BCUT2D eigenvalue weighted by atomic mass is 15.3. The monoisotopic (exact) mass is 243 g/mol. The van der Waals surface area contributed by atoms with Crippen molar-refractivity contribution >= 4 is 5.69 Å². The molecule has 0 aliphatic carbocycles. The molecule has 2 N–H and O–H groups in total. The Bertz CT molecular complexity index is 553. The van der Waals surface area contributed by atoms with E-state index in [1.165, 1.54) is 11.1 Å². The number of nitrogens with two attached hydrogens (primary N) is 1. The average Bonchev–Trinajstić information content (AvgIpc) is 2.58. The largest absolute Gasteiger partial charge is 0.396 e. The van der Waals surface area contributed by atoms with Crippen LogP contribution < -0.4 is 5.73 Å². The molecule has 0 fully saturated rings. The van der Waals surface area contributed by atoms with E-state index in [1.807, 2.05) is 10.9 Å². The number of nitrogens with zero attached hydrogens (tertiary/aromatic N) is 2. The maximum absolute atomic E-state index is 6.07. The maximum atomic E-state index is 6.07. The van der Waals surface area contributed by atoms with Crippen LogP contribution in [0.2, 0.25) is 0 Å². The van der Waals surface area contributed by atoms with Gasteiger partial charge in [-0.05, 0) is 25.3 Å². The molecule has 18 heavy (non-hydrogen) atoms. The summed E-state index contributed by atoms with van der Waals surface area (Å²) in [5.41, 5.74) is 11.3. The molecule has 0 bridgehead atoms. The summed E-state index contributed by atoms with van der Waals surface area (Å²) in [5, 5.41) is 4.60. The van der Waals surface area contributed by atoms with E-state index in [1.54, 1.807) is 0 Å². The SMILES string of the molecule is Cc1ccc(-c2nn(CC(C)C)cc2N)c(C)c1. The summed E-state index contributed by atoms with van der Waals surface area (Å²) in [7, 11) is 0. The van der Waals surface area contributed by atoms with E-state index in [4.69, 9.17) is 5.73 Å². The minimum Gasteiger partial charge on any atom is -0.396 e. The van der Waals surface area contributed by atoms with Crippen LogP contribution in [0, 0.1) is 19.8 Å². The Hall–Kier alpha value is -1.77. The van der Waals surface area contributed by atoms with Gasteiger partial charge in [0, 0.05) is 18.3 Å². The number of aromatic nitrogens is 2. The lowest BCUT2D eigenvalue weighted by atomic mass is 10.0. The van der Waals surface area contributed by atoms with Gasteiger partial charge in [-0.25, -0.2) is 0 Å². The second kappa shape index (κ2) is 4.84. The molecule has 0 amide bonds. The lowest BCUT2D eigenvalue weighted by molar-refractivity contribution is 0.484. The Morgan fingerprint density at radius 3 is 2.61 bits per heavy atom. The van der Waals surface area contributed by atoms with Gasteiger partial charge in [-0.15, -0.1) is 0 Å². The van der Waals surface area contributed by atoms with Crippen molar-refractivity contribution in [1.29, 1.82) is 0 Å². The van der Waals surface area contributed by atoms with E-state index in [9.17, 15) is 0 Å². The van der Waals surface area contributed by atoms with Gasteiger partial charge in [0.05, 0.1) is 5.69 Å². The lowest BCUT2D eigenvalue weighted by Gasteiger charge is -2.06. The van der Waals surface area contributed by atoms with Gasteiger partial charge < -0.3 is 5.73 Å². The van der Waals surface area contributed by atoms with Crippen molar-refractivity contribution in [3.8, 4) is 11.3 Å². The van der Waals surface area contributed by atoms with E-state index >= 15 is 0 Å². The molecule has 1 aromatic heterocycles. The second-order valence-electron chi connectivity index (χ2n) is 5.37. The predicted octanol–water partition coefficient (Wildman–Crippen LogP) is 3.41. The van der Waals surface area contributed by atoms with E-state index in [-0.39, 0.29) is 0 Å². The Labute approximate surface area is 109 Å². The van der Waals surface area contributed by atoms with Crippen LogP contribution >= 0.6 is 0 Å². The first-order chi connectivity index (χ1) is 8.47. The van der Waals surface area contributed by atoms with Crippen molar-refractivity contribution in [2.75, 3.05) is 5.73 Å². The molecule has 0 radical (unpaired) electrons. The van der Waals surface area contributed by atoms with Crippen molar-refractivity contribution in [2.45, 2.75) is 34.2 Å². The zero-order chi connectivity index (χ0) is 13.3. The van der Waals surface area contributed by atoms with Crippen LogP contribution in [0.4, 0.5) is 5.69 Å². The van der Waals surface area contributed by atoms with Crippen LogP contribution in [0.25, 0.3) is 11.3 Å².